The van der Waals surface area contributed by atoms with Gasteiger partial charge in [0.2, 0.25) is 11.8 Å². The zero-order valence-electron chi connectivity index (χ0n) is 13.9. The van der Waals surface area contributed by atoms with Gasteiger partial charge >= 0.3 is 6.36 Å². The third-order valence-electron chi connectivity index (χ3n) is 3.07. The summed E-state index contributed by atoms with van der Waals surface area (Å²) in [5.74, 6) is -1.12. The van der Waals surface area contributed by atoms with Crippen molar-refractivity contribution in [1.82, 2.24) is 0 Å². The molecule has 2 amide bonds. The van der Waals surface area contributed by atoms with E-state index in [0.29, 0.717) is 11.4 Å². The van der Waals surface area contributed by atoms with Crippen LogP contribution >= 0.6 is 11.8 Å². The predicted octanol–water partition coefficient (Wildman–Crippen LogP) is 3.21. The second kappa shape index (κ2) is 9.17. The number of alkyl halides is 3. The van der Waals surface area contributed by atoms with Gasteiger partial charge in [-0.15, -0.1) is 24.9 Å². The Morgan fingerprint density at radius 2 is 1.74 bits per heavy atom. The average Bonchev–Trinajstić information content (AvgIpc) is 2.59. The molecule has 6 nitrogen and oxygen atoms in total. The van der Waals surface area contributed by atoms with Crippen molar-refractivity contribution in [2.75, 3.05) is 22.9 Å². The molecule has 10 heteroatoms. The lowest BCUT2D eigenvalue weighted by Crippen LogP contribution is -2.22. The monoisotopic (exact) mass is 399 g/mol. The minimum atomic E-state index is -4.77. The molecule has 144 valence electrons. The van der Waals surface area contributed by atoms with Gasteiger partial charge in [-0.3, -0.25) is 9.59 Å². The molecule has 0 saturated heterocycles. The largest absolute Gasteiger partial charge is 0.573 e. The molecule has 2 aromatic rings. The van der Waals surface area contributed by atoms with Crippen LogP contribution in [0.2, 0.25) is 0 Å². The fourth-order valence-corrected chi connectivity index (χ4v) is 2.78. The number of nitrogens with one attached hydrogen (secondary N) is 2. The van der Waals surface area contributed by atoms with Gasteiger partial charge in [-0.1, -0.05) is 12.1 Å². The van der Waals surface area contributed by atoms with E-state index in [1.165, 1.54) is 23.9 Å². The Labute approximate surface area is 157 Å². The second-order valence-electron chi connectivity index (χ2n) is 5.23. The molecule has 0 aliphatic heterocycles. The van der Waals surface area contributed by atoms with Gasteiger partial charge in [0.1, 0.15) is 5.75 Å². The highest BCUT2D eigenvalue weighted by atomic mass is 32.2. The van der Waals surface area contributed by atoms with Crippen molar-refractivity contribution in [2.24, 2.45) is 5.73 Å². The summed E-state index contributed by atoms with van der Waals surface area (Å²) in [6.07, 6.45) is -4.77. The van der Waals surface area contributed by atoms with E-state index >= 15 is 0 Å². The van der Waals surface area contributed by atoms with Gasteiger partial charge in [0, 0.05) is 16.3 Å². The third-order valence-corrected chi connectivity index (χ3v) is 4.16. The summed E-state index contributed by atoms with van der Waals surface area (Å²) >= 11 is 1.24. The topological polar surface area (TPSA) is 93.5 Å². The van der Waals surface area contributed by atoms with Crippen molar-refractivity contribution in [1.29, 1.82) is 0 Å². The SMILES string of the molecule is NC(=O)CSc1ccccc1NCC(=O)Nc1ccc(OC(F)(F)F)cc1. The number of rotatable bonds is 8. The van der Waals surface area contributed by atoms with Crippen LogP contribution in [0.25, 0.3) is 0 Å². The molecule has 2 aromatic carbocycles. The van der Waals surface area contributed by atoms with E-state index in [1.54, 1.807) is 24.3 Å². The molecular weight excluding hydrogens is 383 g/mol. The van der Waals surface area contributed by atoms with E-state index in [-0.39, 0.29) is 18.0 Å². The van der Waals surface area contributed by atoms with Gasteiger partial charge in [-0.2, -0.15) is 0 Å². The molecular formula is C17H16F3N3O3S. The molecule has 0 unspecified atom stereocenters. The van der Waals surface area contributed by atoms with Crippen molar-refractivity contribution >= 4 is 35.0 Å². The highest BCUT2D eigenvalue weighted by Crippen LogP contribution is 2.27. The molecule has 0 saturated carbocycles. The fraction of sp³-hybridized carbons (Fsp3) is 0.176. The van der Waals surface area contributed by atoms with Gasteiger partial charge < -0.3 is 21.1 Å². The Kier molecular flexibility index (Phi) is 6.94. The average molecular weight is 399 g/mol. The van der Waals surface area contributed by atoms with E-state index in [9.17, 15) is 22.8 Å². The van der Waals surface area contributed by atoms with Crippen LogP contribution in [0.1, 0.15) is 0 Å². The number of anilines is 2. The number of benzene rings is 2. The van der Waals surface area contributed by atoms with Crippen LogP contribution in [0.5, 0.6) is 5.75 Å². The molecule has 0 spiro atoms. The first-order valence-corrected chi connectivity index (χ1v) is 8.61. The van der Waals surface area contributed by atoms with Crippen molar-refractivity contribution in [3.05, 3.63) is 48.5 Å². The normalized spacial score (nSPS) is 10.9. The maximum absolute atomic E-state index is 12.1. The molecule has 2 rings (SSSR count). The Bertz CT molecular complexity index is 798. The summed E-state index contributed by atoms with van der Waals surface area (Å²) in [6, 6.07) is 11.9. The number of halogens is 3. The molecule has 0 bridgehead atoms. The molecule has 0 radical (unpaired) electrons. The van der Waals surface area contributed by atoms with E-state index < -0.39 is 18.2 Å². The van der Waals surface area contributed by atoms with E-state index in [2.05, 4.69) is 15.4 Å². The smallest absolute Gasteiger partial charge is 0.406 e. The minimum Gasteiger partial charge on any atom is -0.406 e. The maximum Gasteiger partial charge on any atom is 0.573 e. The van der Waals surface area contributed by atoms with Crippen molar-refractivity contribution in [3.8, 4) is 5.75 Å². The van der Waals surface area contributed by atoms with Crippen LogP contribution in [-0.4, -0.2) is 30.5 Å². The zero-order valence-corrected chi connectivity index (χ0v) is 14.7. The second-order valence-corrected chi connectivity index (χ2v) is 6.24. The lowest BCUT2D eigenvalue weighted by molar-refractivity contribution is -0.274. The van der Waals surface area contributed by atoms with Crippen molar-refractivity contribution < 1.29 is 27.5 Å². The van der Waals surface area contributed by atoms with E-state index in [0.717, 1.165) is 17.0 Å². The number of thioether (sulfide) groups is 1. The molecule has 0 aliphatic rings. The van der Waals surface area contributed by atoms with Gasteiger partial charge in [-0.05, 0) is 36.4 Å². The standard InChI is InChI=1S/C17H16F3N3O3S/c18-17(19,20)26-12-7-5-11(6-8-12)23-16(25)9-22-13-3-1-2-4-14(13)27-10-15(21)24/h1-8,22H,9-10H2,(H2,21,24)(H,23,25). The molecule has 0 aromatic heterocycles. The molecule has 0 fully saturated rings. The van der Waals surface area contributed by atoms with Crippen LogP contribution < -0.4 is 21.1 Å². The Morgan fingerprint density at radius 3 is 2.37 bits per heavy atom. The number of carbonyl (C=O) groups is 2. The molecule has 0 heterocycles. The lowest BCUT2D eigenvalue weighted by atomic mass is 10.3. The Balaban J connectivity index is 1.89. The first kappa shape index (κ1) is 20.4. The minimum absolute atomic E-state index is 0.0745. The summed E-state index contributed by atoms with van der Waals surface area (Å²) in [6.45, 7) is -0.0745. The number of carbonyl (C=O) groups excluding carboxylic acids is 2. The summed E-state index contributed by atoms with van der Waals surface area (Å²) < 4.78 is 40.1. The number of hydrogen-bond donors (Lipinski definition) is 3. The summed E-state index contributed by atoms with van der Waals surface area (Å²) in [7, 11) is 0. The number of hydrogen-bond acceptors (Lipinski definition) is 5. The molecule has 4 N–H and O–H groups in total. The van der Waals surface area contributed by atoms with Gasteiger partial charge in [-0.25, -0.2) is 0 Å². The van der Waals surface area contributed by atoms with Gasteiger partial charge in [0.15, 0.2) is 0 Å². The predicted molar refractivity (Wildman–Crippen MR) is 96.6 cm³/mol. The summed E-state index contributed by atoms with van der Waals surface area (Å²) in [5, 5.41) is 5.49. The number of amides is 2. The molecule has 0 aliphatic carbocycles. The third kappa shape index (κ3) is 7.48. The highest BCUT2D eigenvalue weighted by molar-refractivity contribution is 8.00. The fourth-order valence-electron chi connectivity index (χ4n) is 2.01. The number of ether oxygens (including phenoxy) is 1. The Hall–Kier alpha value is -2.88. The molecule has 27 heavy (non-hydrogen) atoms. The van der Waals surface area contributed by atoms with Gasteiger partial charge in [0.25, 0.3) is 0 Å². The summed E-state index contributed by atoms with van der Waals surface area (Å²) in [4.78, 5) is 23.7. The van der Waals surface area contributed by atoms with Crippen LogP contribution in [0.4, 0.5) is 24.5 Å². The van der Waals surface area contributed by atoms with E-state index in [4.69, 9.17) is 5.73 Å². The van der Waals surface area contributed by atoms with Crippen LogP contribution in [0.3, 0.4) is 0 Å². The van der Waals surface area contributed by atoms with Gasteiger partial charge in [0.05, 0.1) is 12.3 Å². The van der Waals surface area contributed by atoms with E-state index in [1.807, 2.05) is 0 Å². The first-order valence-electron chi connectivity index (χ1n) is 7.62. The highest BCUT2D eigenvalue weighted by Gasteiger charge is 2.30. The lowest BCUT2D eigenvalue weighted by Gasteiger charge is -2.12. The van der Waals surface area contributed by atoms with Crippen molar-refractivity contribution in [3.63, 3.8) is 0 Å². The van der Waals surface area contributed by atoms with Crippen molar-refractivity contribution in [2.45, 2.75) is 11.3 Å². The van der Waals surface area contributed by atoms with Crippen LogP contribution in [0, 0.1) is 0 Å². The number of primary amides is 1. The number of para-hydroxylation sites is 1. The Morgan fingerprint density at radius 1 is 1.07 bits per heavy atom. The quantitative estimate of drug-likeness (QED) is 0.593. The molecule has 0 atom stereocenters. The van der Waals surface area contributed by atoms with Crippen LogP contribution in [0.15, 0.2) is 53.4 Å². The maximum atomic E-state index is 12.1. The van der Waals surface area contributed by atoms with Crippen LogP contribution in [-0.2, 0) is 9.59 Å². The zero-order chi connectivity index (χ0) is 19.9. The first-order chi connectivity index (χ1) is 12.7. The summed E-state index contributed by atoms with van der Waals surface area (Å²) in [5.41, 5.74) is 6.11. The number of nitrogens with two attached hydrogens (primary N) is 1.